The zero-order valence-electron chi connectivity index (χ0n) is 7.67. The van der Waals surface area contributed by atoms with Crippen LogP contribution in [0.1, 0.15) is 10.4 Å². The van der Waals surface area contributed by atoms with E-state index >= 15 is 0 Å². The monoisotopic (exact) mass is 260 g/mol. The van der Waals surface area contributed by atoms with Crippen molar-refractivity contribution in [2.24, 2.45) is 0 Å². The van der Waals surface area contributed by atoms with Crippen LogP contribution in [0.25, 0.3) is 0 Å². The van der Waals surface area contributed by atoms with E-state index in [1.54, 1.807) is 7.05 Å². The molecule has 0 radical (unpaired) electrons. The molecule has 0 aliphatic heterocycles. The van der Waals surface area contributed by atoms with Gasteiger partial charge in [-0.1, -0.05) is 0 Å². The Morgan fingerprint density at radius 1 is 1.71 bits per heavy atom. The van der Waals surface area contributed by atoms with Crippen LogP contribution in [-0.2, 0) is 4.74 Å². The molecule has 0 fully saturated rings. The molecular weight excluding hydrogens is 252 g/mol. The lowest BCUT2D eigenvalue weighted by Crippen LogP contribution is -2.07. The van der Waals surface area contributed by atoms with E-state index < -0.39 is 5.97 Å². The summed E-state index contributed by atoms with van der Waals surface area (Å²) in [4.78, 5) is 15.0. The van der Waals surface area contributed by atoms with Crippen LogP contribution in [-0.4, -0.2) is 30.2 Å². The molecule has 2 N–H and O–H groups in total. The number of carbonyl (C=O) groups is 1. The number of nitrogens with zero attached hydrogens (tertiary/aromatic N) is 1. The summed E-state index contributed by atoms with van der Waals surface area (Å²) in [6.07, 6.45) is 0. The maximum Gasteiger partial charge on any atom is 0.341 e. The van der Waals surface area contributed by atoms with Crippen molar-refractivity contribution in [2.45, 2.75) is 0 Å². The van der Waals surface area contributed by atoms with Crippen molar-refractivity contribution in [1.82, 2.24) is 4.98 Å². The molecule has 1 rings (SSSR count). The number of hydrogen-bond donors (Lipinski definition) is 2. The van der Waals surface area contributed by atoms with E-state index in [9.17, 15) is 9.90 Å². The van der Waals surface area contributed by atoms with Gasteiger partial charge in [0.2, 0.25) is 5.88 Å². The van der Waals surface area contributed by atoms with Gasteiger partial charge >= 0.3 is 5.97 Å². The fourth-order valence-corrected chi connectivity index (χ4v) is 1.25. The van der Waals surface area contributed by atoms with Gasteiger partial charge in [-0.25, -0.2) is 4.79 Å². The van der Waals surface area contributed by atoms with Crippen LogP contribution in [0, 0.1) is 0 Å². The number of hydrogen-bond acceptors (Lipinski definition) is 5. The van der Waals surface area contributed by atoms with Crippen LogP contribution < -0.4 is 5.32 Å². The maximum atomic E-state index is 11.3. The van der Waals surface area contributed by atoms with Crippen molar-refractivity contribution in [2.75, 3.05) is 19.5 Å². The molecule has 0 saturated heterocycles. The summed E-state index contributed by atoms with van der Waals surface area (Å²) >= 11 is 3.06. The Bertz CT molecular complexity index is 368. The lowest BCUT2D eigenvalue weighted by atomic mass is 10.2. The summed E-state index contributed by atoms with van der Waals surface area (Å²) in [6.45, 7) is 0. The standard InChI is InChI=1S/C8H9BrN2O3/c1-10-6-4(8(13)14-2)3-5(9)7(12)11-6/h3H,1-2H3,(H2,10,11,12). The SMILES string of the molecule is CNc1nc(O)c(Br)cc1C(=O)OC. The molecule has 1 heterocycles. The second-order valence-corrected chi connectivity index (χ2v) is 3.29. The van der Waals surface area contributed by atoms with E-state index in [2.05, 4.69) is 31.0 Å². The lowest BCUT2D eigenvalue weighted by molar-refractivity contribution is 0.0601. The van der Waals surface area contributed by atoms with Crippen molar-refractivity contribution in [3.8, 4) is 5.88 Å². The fourth-order valence-electron chi connectivity index (χ4n) is 0.935. The van der Waals surface area contributed by atoms with Crippen LogP contribution in [0.15, 0.2) is 10.5 Å². The molecule has 0 spiro atoms. The molecule has 14 heavy (non-hydrogen) atoms. The molecule has 0 bridgehead atoms. The summed E-state index contributed by atoms with van der Waals surface area (Å²) in [6, 6.07) is 1.44. The second kappa shape index (κ2) is 4.28. The van der Waals surface area contributed by atoms with Gasteiger partial charge in [0.1, 0.15) is 11.4 Å². The Morgan fingerprint density at radius 2 is 2.36 bits per heavy atom. The van der Waals surface area contributed by atoms with Crippen LogP contribution in [0.5, 0.6) is 5.88 Å². The molecule has 0 aliphatic rings. The van der Waals surface area contributed by atoms with Gasteiger partial charge in [-0.2, -0.15) is 4.98 Å². The number of aromatic nitrogens is 1. The average Bonchev–Trinajstić information content (AvgIpc) is 2.20. The Kier molecular flexibility index (Phi) is 3.29. The molecule has 0 atom stereocenters. The van der Waals surface area contributed by atoms with Crippen LogP contribution in [0.2, 0.25) is 0 Å². The number of halogens is 1. The molecule has 0 unspecified atom stereocenters. The first-order valence-corrected chi connectivity index (χ1v) is 4.55. The van der Waals surface area contributed by atoms with Crippen molar-refractivity contribution in [3.63, 3.8) is 0 Å². The van der Waals surface area contributed by atoms with Crippen LogP contribution >= 0.6 is 15.9 Å². The van der Waals surface area contributed by atoms with Gasteiger partial charge in [0.05, 0.1) is 11.6 Å². The highest BCUT2D eigenvalue weighted by Crippen LogP contribution is 2.26. The number of nitrogens with one attached hydrogen (secondary N) is 1. The topological polar surface area (TPSA) is 71.5 Å². The zero-order chi connectivity index (χ0) is 10.7. The molecule has 0 amide bonds. The van der Waals surface area contributed by atoms with Crippen molar-refractivity contribution in [3.05, 3.63) is 16.1 Å². The number of carbonyl (C=O) groups excluding carboxylic acids is 1. The third kappa shape index (κ3) is 1.95. The highest BCUT2D eigenvalue weighted by atomic mass is 79.9. The van der Waals surface area contributed by atoms with Gasteiger partial charge in [-0.3, -0.25) is 0 Å². The summed E-state index contributed by atoms with van der Waals surface area (Å²) in [7, 11) is 2.88. The first-order valence-electron chi connectivity index (χ1n) is 3.75. The van der Waals surface area contributed by atoms with Crippen LogP contribution in [0.3, 0.4) is 0 Å². The number of ether oxygens (including phenoxy) is 1. The molecule has 5 nitrogen and oxygen atoms in total. The lowest BCUT2D eigenvalue weighted by Gasteiger charge is -2.07. The first-order chi connectivity index (χ1) is 6.60. The van der Waals surface area contributed by atoms with Gasteiger partial charge in [0.25, 0.3) is 0 Å². The molecule has 0 aromatic carbocycles. The van der Waals surface area contributed by atoms with E-state index in [-0.39, 0.29) is 17.3 Å². The maximum absolute atomic E-state index is 11.3. The largest absolute Gasteiger partial charge is 0.492 e. The minimum atomic E-state index is -0.512. The number of anilines is 1. The van der Waals surface area contributed by atoms with Crippen molar-refractivity contribution in [1.29, 1.82) is 0 Å². The van der Waals surface area contributed by atoms with E-state index in [1.807, 2.05) is 0 Å². The highest BCUT2D eigenvalue weighted by molar-refractivity contribution is 9.10. The second-order valence-electron chi connectivity index (χ2n) is 2.43. The number of esters is 1. The van der Waals surface area contributed by atoms with E-state index in [0.717, 1.165) is 0 Å². The minimum Gasteiger partial charge on any atom is -0.492 e. The Hall–Kier alpha value is -1.30. The molecule has 1 aromatic heterocycles. The van der Waals surface area contributed by atoms with Gasteiger partial charge in [-0.15, -0.1) is 0 Å². The van der Waals surface area contributed by atoms with E-state index in [0.29, 0.717) is 4.47 Å². The third-order valence-electron chi connectivity index (χ3n) is 1.60. The van der Waals surface area contributed by atoms with Gasteiger partial charge < -0.3 is 15.2 Å². The number of pyridine rings is 1. The average molecular weight is 261 g/mol. The summed E-state index contributed by atoms with van der Waals surface area (Å²) in [5.74, 6) is -0.415. The van der Waals surface area contributed by atoms with Gasteiger partial charge in [-0.05, 0) is 22.0 Å². The zero-order valence-corrected chi connectivity index (χ0v) is 9.25. The predicted molar refractivity (Wildman–Crippen MR) is 54.5 cm³/mol. The molecule has 0 saturated carbocycles. The van der Waals surface area contributed by atoms with Crippen LogP contribution in [0.4, 0.5) is 5.82 Å². The Labute approximate surface area is 89.2 Å². The Balaban J connectivity index is 3.27. The van der Waals surface area contributed by atoms with Gasteiger partial charge in [0, 0.05) is 7.05 Å². The minimum absolute atomic E-state index is 0.179. The quantitative estimate of drug-likeness (QED) is 0.787. The highest BCUT2D eigenvalue weighted by Gasteiger charge is 2.15. The number of rotatable bonds is 2. The number of aromatic hydroxyl groups is 1. The molecule has 6 heteroatoms. The number of methoxy groups -OCH3 is 1. The summed E-state index contributed by atoms with van der Waals surface area (Å²) in [5.41, 5.74) is 0.264. The van der Waals surface area contributed by atoms with Gasteiger partial charge in [0.15, 0.2) is 0 Å². The van der Waals surface area contributed by atoms with E-state index in [4.69, 9.17) is 0 Å². The molecule has 0 aliphatic carbocycles. The summed E-state index contributed by atoms with van der Waals surface area (Å²) < 4.78 is 4.90. The normalized spacial score (nSPS) is 9.64. The molecule has 76 valence electrons. The smallest absolute Gasteiger partial charge is 0.341 e. The molecule has 1 aromatic rings. The fraction of sp³-hybridized carbons (Fsp3) is 0.250. The predicted octanol–water partition coefficient (Wildman–Crippen LogP) is 1.38. The van der Waals surface area contributed by atoms with Crippen molar-refractivity contribution < 1.29 is 14.6 Å². The first kappa shape index (κ1) is 10.8. The van der Waals surface area contributed by atoms with E-state index in [1.165, 1.54) is 13.2 Å². The molecular formula is C8H9BrN2O3. The third-order valence-corrected chi connectivity index (χ3v) is 2.18. The Morgan fingerprint density at radius 3 is 2.86 bits per heavy atom. The van der Waals surface area contributed by atoms with Crippen molar-refractivity contribution >= 4 is 27.7 Å². The summed E-state index contributed by atoms with van der Waals surface area (Å²) in [5, 5.41) is 11.9.